The number of aromatic amines is 1. The second kappa shape index (κ2) is 8.22. The monoisotopic (exact) mass is 482 g/mol. The summed E-state index contributed by atoms with van der Waals surface area (Å²) in [6, 6.07) is 19.1. The SMILES string of the molecule is Cc1cc(C)nc(OC2C(=O)N3CC(=O)N(Cc4nnn[nH]4)c4ccccc4C23c2ccccc2)n1. The summed E-state index contributed by atoms with van der Waals surface area (Å²) in [6.07, 6.45) is -0.970. The van der Waals surface area contributed by atoms with Crippen LogP contribution >= 0.6 is 0 Å². The van der Waals surface area contributed by atoms with Gasteiger partial charge in [-0.2, -0.15) is 0 Å². The van der Waals surface area contributed by atoms with Gasteiger partial charge >= 0.3 is 6.01 Å². The fraction of sp³-hybridized carbons (Fsp3) is 0.240. The lowest BCUT2D eigenvalue weighted by Gasteiger charge is -2.55. The zero-order valence-electron chi connectivity index (χ0n) is 19.6. The molecule has 2 aromatic carbocycles. The molecule has 4 heterocycles. The fourth-order valence-corrected chi connectivity index (χ4v) is 5.16. The summed E-state index contributed by atoms with van der Waals surface area (Å²) in [5.41, 5.74) is 2.62. The van der Waals surface area contributed by atoms with Crippen molar-refractivity contribution in [3.05, 3.63) is 89.0 Å². The van der Waals surface area contributed by atoms with E-state index >= 15 is 0 Å². The molecule has 2 aromatic heterocycles. The zero-order valence-corrected chi connectivity index (χ0v) is 19.6. The number of nitrogens with one attached hydrogen (secondary N) is 1. The number of hydrogen-bond acceptors (Lipinski definition) is 8. The fourth-order valence-electron chi connectivity index (χ4n) is 5.16. The van der Waals surface area contributed by atoms with Gasteiger partial charge in [0.2, 0.25) is 12.0 Å². The summed E-state index contributed by atoms with van der Waals surface area (Å²) in [5, 5.41) is 13.9. The smallest absolute Gasteiger partial charge is 0.317 e. The van der Waals surface area contributed by atoms with E-state index in [0.29, 0.717) is 11.5 Å². The quantitative estimate of drug-likeness (QED) is 0.425. The van der Waals surface area contributed by atoms with Gasteiger partial charge in [-0.05, 0) is 42.0 Å². The number of para-hydroxylation sites is 1. The van der Waals surface area contributed by atoms with Crippen LogP contribution in [0, 0.1) is 13.8 Å². The van der Waals surface area contributed by atoms with Crippen molar-refractivity contribution < 1.29 is 14.3 Å². The Balaban J connectivity index is 1.55. The molecule has 180 valence electrons. The molecule has 0 radical (unpaired) electrons. The van der Waals surface area contributed by atoms with E-state index < -0.39 is 11.6 Å². The molecule has 36 heavy (non-hydrogen) atoms. The summed E-state index contributed by atoms with van der Waals surface area (Å²) in [4.78, 5) is 39.1. The number of amides is 2. The van der Waals surface area contributed by atoms with Crippen molar-refractivity contribution >= 4 is 17.5 Å². The number of carbonyl (C=O) groups excluding carboxylic acids is 2. The van der Waals surface area contributed by atoms with E-state index in [1.165, 1.54) is 0 Å². The molecule has 11 nitrogen and oxygen atoms in total. The molecule has 2 atom stereocenters. The Morgan fingerprint density at radius 3 is 2.47 bits per heavy atom. The summed E-state index contributed by atoms with van der Waals surface area (Å²) in [7, 11) is 0. The van der Waals surface area contributed by atoms with Crippen molar-refractivity contribution in [1.29, 1.82) is 0 Å². The minimum atomic E-state index is -1.07. The third-order valence-electron chi connectivity index (χ3n) is 6.59. The number of tetrazole rings is 1. The Labute approximate surface area is 206 Å². The average molecular weight is 483 g/mol. The number of benzene rings is 2. The van der Waals surface area contributed by atoms with Crippen LogP contribution in [-0.2, 0) is 21.7 Å². The van der Waals surface area contributed by atoms with Crippen molar-refractivity contribution in [2.45, 2.75) is 32.0 Å². The molecule has 0 spiro atoms. The van der Waals surface area contributed by atoms with Crippen molar-refractivity contribution in [2.75, 3.05) is 11.4 Å². The molecule has 1 N–H and O–H groups in total. The first-order valence-electron chi connectivity index (χ1n) is 11.5. The topological polar surface area (TPSA) is 130 Å². The molecule has 2 amide bonds. The van der Waals surface area contributed by atoms with Crippen LogP contribution < -0.4 is 9.64 Å². The van der Waals surface area contributed by atoms with E-state index in [0.717, 1.165) is 22.5 Å². The molecule has 0 bridgehead atoms. The van der Waals surface area contributed by atoms with E-state index in [9.17, 15) is 9.59 Å². The van der Waals surface area contributed by atoms with Gasteiger partial charge in [0.15, 0.2) is 5.82 Å². The maximum atomic E-state index is 13.6. The summed E-state index contributed by atoms with van der Waals surface area (Å²) in [6.45, 7) is 3.68. The van der Waals surface area contributed by atoms with Crippen LogP contribution in [-0.4, -0.2) is 60.0 Å². The summed E-state index contributed by atoms with van der Waals surface area (Å²) in [5.74, 6) is -0.141. The van der Waals surface area contributed by atoms with Gasteiger partial charge < -0.3 is 14.5 Å². The maximum Gasteiger partial charge on any atom is 0.317 e. The van der Waals surface area contributed by atoms with Crippen molar-refractivity contribution in [3.8, 4) is 6.01 Å². The molecular weight excluding hydrogens is 460 g/mol. The molecular formula is C25H22N8O3. The van der Waals surface area contributed by atoms with E-state index in [1.807, 2.05) is 74.5 Å². The Bertz CT molecular complexity index is 1440. The second-order valence-electron chi connectivity index (χ2n) is 8.83. The minimum absolute atomic E-state index is 0.124. The zero-order chi connectivity index (χ0) is 24.9. The predicted octanol–water partition coefficient (Wildman–Crippen LogP) is 1.69. The largest absolute Gasteiger partial charge is 0.447 e. The summed E-state index contributed by atoms with van der Waals surface area (Å²) >= 11 is 0. The number of fused-ring (bicyclic) bond motifs is 3. The number of carbonyl (C=O) groups is 2. The van der Waals surface area contributed by atoms with E-state index in [4.69, 9.17) is 4.74 Å². The molecule has 2 aliphatic heterocycles. The van der Waals surface area contributed by atoms with Crippen LogP contribution in [0.25, 0.3) is 0 Å². The Morgan fingerprint density at radius 2 is 1.75 bits per heavy atom. The first kappa shape index (κ1) is 21.8. The highest BCUT2D eigenvalue weighted by Crippen LogP contribution is 2.52. The minimum Gasteiger partial charge on any atom is -0.447 e. The first-order chi connectivity index (χ1) is 17.5. The third kappa shape index (κ3) is 3.23. The first-order valence-corrected chi connectivity index (χ1v) is 11.5. The molecule has 4 aromatic rings. The van der Waals surface area contributed by atoms with Gasteiger partial charge in [0, 0.05) is 17.0 Å². The molecule has 2 unspecified atom stereocenters. The van der Waals surface area contributed by atoms with Gasteiger partial charge in [0.05, 0.1) is 12.2 Å². The van der Waals surface area contributed by atoms with Gasteiger partial charge in [-0.3, -0.25) is 9.59 Å². The van der Waals surface area contributed by atoms with Crippen LogP contribution in [0.2, 0.25) is 0 Å². The average Bonchev–Trinajstić information content (AvgIpc) is 3.37. The summed E-state index contributed by atoms with van der Waals surface area (Å²) < 4.78 is 6.26. The third-order valence-corrected chi connectivity index (χ3v) is 6.59. The van der Waals surface area contributed by atoms with Gasteiger partial charge in [-0.25, -0.2) is 15.1 Å². The number of nitrogens with zero attached hydrogens (tertiary/aromatic N) is 7. The van der Waals surface area contributed by atoms with E-state index in [-0.39, 0.29) is 30.9 Å². The molecule has 1 saturated heterocycles. The van der Waals surface area contributed by atoms with Crippen molar-refractivity contribution in [1.82, 2.24) is 35.5 Å². The Morgan fingerprint density at radius 1 is 1.03 bits per heavy atom. The van der Waals surface area contributed by atoms with Crippen LogP contribution in [0.5, 0.6) is 6.01 Å². The van der Waals surface area contributed by atoms with Gasteiger partial charge in [0.25, 0.3) is 5.91 Å². The lowest BCUT2D eigenvalue weighted by molar-refractivity contribution is -0.178. The number of H-pyrrole nitrogens is 1. The number of hydrogen-bond donors (Lipinski definition) is 1. The van der Waals surface area contributed by atoms with Crippen molar-refractivity contribution in [3.63, 3.8) is 0 Å². The van der Waals surface area contributed by atoms with Crippen LogP contribution in [0.1, 0.15) is 28.3 Å². The highest BCUT2D eigenvalue weighted by atomic mass is 16.5. The number of aryl methyl sites for hydroxylation is 2. The molecule has 0 saturated carbocycles. The van der Waals surface area contributed by atoms with Crippen molar-refractivity contribution in [2.24, 2.45) is 0 Å². The van der Waals surface area contributed by atoms with E-state index in [1.54, 1.807) is 9.80 Å². The molecule has 6 rings (SSSR count). The van der Waals surface area contributed by atoms with Gasteiger partial charge in [-0.1, -0.05) is 48.5 Å². The Kier molecular flexibility index (Phi) is 4.99. The number of rotatable bonds is 5. The molecule has 11 heteroatoms. The van der Waals surface area contributed by atoms with E-state index in [2.05, 4.69) is 30.6 Å². The number of anilines is 1. The number of ether oxygens (including phenoxy) is 1. The number of β-lactam (4-membered cyclic amide) rings is 1. The molecule has 1 fully saturated rings. The molecule has 2 aliphatic rings. The van der Waals surface area contributed by atoms with Crippen LogP contribution in [0.15, 0.2) is 60.7 Å². The normalized spacial score (nSPS) is 20.9. The standard InChI is InChI=1S/C25H22N8O3/c1-15-12-16(2)27-24(26-15)36-22-23(35)33-14-21(34)32(13-20-28-30-31-29-20)19-11-7-6-10-18(19)25(22,33)17-8-4-3-5-9-17/h3-12,22H,13-14H2,1-2H3,(H,28,29,30,31). The maximum absolute atomic E-state index is 13.6. The predicted molar refractivity (Wildman–Crippen MR) is 127 cm³/mol. The highest BCUT2D eigenvalue weighted by Gasteiger charge is 2.66. The second-order valence-corrected chi connectivity index (χ2v) is 8.83. The van der Waals surface area contributed by atoms with Gasteiger partial charge in [0.1, 0.15) is 12.1 Å². The lowest BCUT2D eigenvalue weighted by Crippen LogP contribution is -2.74. The Hall–Kier alpha value is -4.67. The van der Waals surface area contributed by atoms with Crippen LogP contribution in [0.3, 0.4) is 0 Å². The highest BCUT2D eigenvalue weighted by molar-refractivity contribution is 6.04. The lowest BCUT2D eigenvalue weighted by atomic mass is 9.69. The van der Waals surface area contributed by atoms with Gasteiger partial charge in [-0.15, -0.1) is 5.10 Å². The van der Waals surface area contributed by atoms with Crippen LogP contribution in [0.4, 0.5) is 5.69 Å². The molecule has 0 aliphatic carbocycles. The number of aromatic nitrogens is 6.